The molecular weight excluding hydrogens is 801 g/mol. The van der Waals surface area contributed by atoms with Crippen LogP contribution in [0.2, 0.25) is 0 Å². The Balaban J connectivity index is 1.08. The molecule has 0 spiro atoms. The van der Waals surface area contributed by atoms with Gasteiger partial charge in [-0.05, 0) is 60.7 Å². The molecule has 6 aliphatic rings. The number of piperidine rings is 1. The van der Waals surface area contributed by atoms with Crippen LogP contribution in [0.15, 0.2) is 88.4 Å². The van der Waals surface area contributed by atoms with Crippen molar-refractivity contribution in [1.29, 1.82) is 5.26 Å². The van der Waals surface area contributed by atoms with E-state index in [1.807, 2.05) is 43.1 Å². The third kappa shape index (κ3) is 6.42. The van der Waals surface area contributed by atoms with Gasteiger partial charge < -0.3 is 33.5 Å². The van der Waals surface area contributed by atoms with Crippen LogP contribution in [0.1, 0.15) is 53.1 Å². The Hall–Kier alpha value is -5.34. The van der Waals surface area contributed by atoms with Gasteiger partial charge in [-0.15, -0.1) is 11.8 Å². The molecule has 61 heavy (non-hydrogen) atoms. The number of rotatable bonds is 12. The van der Waals surface area contributed by atoms with Gasteiger partial charge in [0.15, 0.2) is 46.9 Å². The van der Waals surface area contributed by atoms with E-state index in [4.69, 9.17) is 33.3 Å². The maximum absolute atomic E-state index is 14.5. The van der Waals surface area contributed by atoms with E-state index in [0.29, 0.717) is 23.7 Å². The highest BCUT2D eigenvalue weighted by Crippen LogP contribution is 2.57. The van der Waals surface area contributed by atoms with Crippen LogP contribution in [0.3, 0.4) is 0 Å². The molecule has 4 heterocycles. The SMILES string of the molecule is COCOc1c(OC)c(C)cc2c1[C@@H]1C3C[C@]4(O)C(=O)C(C)=C5OCOC5=C4[C@H](COC(=O)/C(=C/SCC4c5ccccc5-c5ccccc54)NOC)N3[C@@H](C#N)[C@H](C2)N1C. The molecule has 0 amide bonds. The molecule has 6 atom stereocenters. The van der Waals surface area contributed by atoms with Crippen molar-refractivity contribution in [1.82, 2.24) is 15.3 Å². The summed E-state index contributed by atoms with van der Waals surface area (Å²) in [7, 11) is 6.48. The van der Waals surface area contributed by atoms with Crippen molar-refractivity contribution in [2.24, 2.45) is 0 Å². The number of carbonyl (C=O) groups is 2. The average Bonchev–Trinajstić information content (AvgIpc) is 3.87. The molecule has 3 aromatic rings. The zero-order valence-electron chi connectivity index (χ0n) is 34.9. The van der Waals surface area contributed by atoms with Crippen LogP contribution >= 0.6 is 11.8 Å². The number of hydroxylamine groups is 1. The molecule has 3 saturated heterocycles. The fourth-order valence-electron chi connectivity index (χ4n) is 10.7. The topological polar surface area (TPSA) is 161 Å². The number of hydrogen-bond acceptors (Lipinski definition) is 15. The number of Topliss-reactive ketones (excluding diaryl/α,β-unsaturated/α-hetero) is 1. The summed E-state index contributed by atoms with van der Waals surface area (Å²) < 4.78 is 35.5. The van der Waals surface area contributed by atoms with Gasteiger partial charge in [-0.2, -0.15) is 5.26 Å². The number of carbonyl (C=O) groups excluding carboxylic acids is 2. The number of ether oxygens (including phenoxy) is 6. The zero-order valence-corrected chi connectivity index (χ0v) is 35.7. The van der Waals surface area contributed by atoms with Gasteiger partial charge in [0.25, 0.3) is 0 Å². The number of thioether (sulfide) groups is 1. The number of nitriles is 1. The normalized spacial score (nSPS) is 26.5. The van der Waals surface area contributed by atoms with Crippen molar-refractivity contribution in [2.45, 2.75) is 68.4 Å². The van der Waals surface area contributed by atoms with E-state index in [0.717, 1.165) is 16.7 Å². The van der Waals surface area contributed by atoms with Crippen LogP contribution in [0.4, 0.5) is 0 Å². The molecule has 14 nitrogen and oxygen atoms in total. The molecule has 9 rings (SSSR count). The molecule has 2 bridgehead atoms. The Labute approximate surface area is 358 Å². The van der Waals surface area contributed by atoms with Crippen molar-refractivity contribution >= 4 is 23.5 Å². The number of piperazine rings is 1. The van der Waals surface area contributed by atoms with Gasteiger partial charge in [0, 0.05) is 59.4 Å². The lowest BCUT2D eigenvalue weighted by atomic mass is 9.65. The molecule has 0 radical (unpaired) electrons. The number of nitrogens with one attached hydrogen (secondary N) is 1. The van der Waals surface area contributed by atoms with E-state index in [1.54, 1.807) is 19.4 Å². The highest BCUT2D eigenvalue weighted by molar-refractivity contribution is 8.02. The second-order valence-corrected chi connectivity index (χ2v) is 17.1. The van der Waals surface area contributed by atoms with Crippen molar-refractivity contribution in [2.75, 3.05) is 54.3 Å². The maximum atomic E-state index is 14.5. The van der Waals surface area contributed by atoms with Gasteiger partial charge in [0.1, 0.15) is 12.6 Å². The van der Waals surface area contributed by atoms with Crippen LogP contribution in [0, 0.1) is 18.3 Å². The lowest BCUT2D eigenvalue weighted by Crippen LogP contribution is -2.74. The number of hydrogen-bond donors (Lipinski definition) is 2. The molecule has 2 aliphatic carbocycles. The van der Waals surface area contributed by atoms with Gasteiger partial charge in [-0.25, -0.2) is 4.79 Å². The van der Waals surface area contributed by atoms with Crippen LogP contribution in [-0.4, -0.2) is 111 Å². The first-order valence-electron chi connectivity index (χ1n) is 20.2. The lowest BCUT2D eigenvalue weighted by molar-refractivity contribution is -0.157. The van der Waals surface area contributed by atoms with Crippen molar-refractivity contribution in [3.8, 4) is 28.7 Å². The van der Waals surface area contributed by atoms with E-state index < -0.39 is 41.5 Å². The van der Waals surface area contributed by atoms with Gasteiger partial charge in [0.05, 0.1) is 32.4 Å². The summed E-state index contributed by atoms with van der Waals surface area (Å²) in [5.41, 5.74) is 8.62. The van der Waals surface area contributed by atoms with Crippen LogP contribution < -0.4 is 15.0 Å². The minimum atomic E-state index is -2.09. The summed E-state index contributed by atoms with van der Waals surface area (Å²) in [5, 5.41) is 25.7. The summed E-state index contributed by atoms with van der Waals surface area (Å²) in [6.45, 7) is 3.00. The maximum Gasteiger partial charge on any atom is 0.357 e. The van der Waals surface area contributed by atoms with Crippen LogP contribution in [-0.2, 0) is 39.8 Å². The molecule has 2 N–H and O–H groups in total. The first kappa shape index (κ1) is 41.0. The Morgan fingerprint density at radius 3 is 2.43 bits per heavy atom. The van der Waals surface area contributed by atoms with E-state index in [9.17, 15) is 20.0 Å². The number of fused-ring (bicyclic) bond motifs is 11. The predicted molar refractivity (Wildman–Crippen MR) is 224 cm³/mol. The summed E-state index contributed by atoms with van der Waals surface area (Å²) in [6, 6.07) is 18.1. The van der Waals surface area contributed by atoms with Gasteiger partial charge in [-0.3, -0.25) is 24.9 Å². The van der Waals surface area contributed by atoms with E-state index >= 15 is 0 Å². The third-order valence-electron chi connectivity index (χ3n) is 13.1. The fourth-order valence-corrected chi connectivity index (χ4v) is 11.6. The Morgan fingerprint density at radius 2 is 1.75 bits per heavy atom. The van der Waals surface area contributed by atoms with Gasteiger partial charge >= 0.3 is 5.97 Å². The number of ketones is 1. The highest BCUT2D eigenvalue weighted by Gasteiger charge is 2.64. The van der Waals surface area contributed by atoms with Crippen LogP contribution in [0.25, 0.3) is 11.1 Å². The number of aliphatic hydroxyl groups is 1. The Bertz CT molecular complexity index is 2400. The highest BCUT2D eigenvalue weighted by atomic mass is 32.2. The zero-order chi connectivity index (χ0) is 42.7. The molecule has 15 heteroatoms. The Kier molecular flexibility index (Phi) is 10.9. The number of aryl methyl sites for hydroxylation is 1. The quantitative estimate of drug-likeness (QED) is 0.106. The number of benzene rings is 3. The number of esters is 1. The first-order chi connectivity index (χ1) is 29.6. The summed E-state index contributed by atoms with van der Waals surface area (Å²) >= 11 is 1.45. The average molecular weight is 849 g/mol. The molecule has 3 aromatic carbocycles. The van der Waals surface area contributed by atoms with E-state index in [1.165, 1.54) is 48.2 Å². The molecule has 3 fully saturated rings. The molecule has 0 saturated carbocycles. The second-order valence-electron chi connectivity index (χ2n) is 16.2. The summed E-state index contributed by atoms with van der Waals surface area (Å²) in [4.78, 5) is 38.0. The fraction of sp³-hybridized carbons (Fsp3) is 0.413. The lowest BCUT2D eigenvalue weighted by Gasteiger charge is -2.62. The van der Waals surface area contributed by atoms with E-state index in [2.05, 4.69) is 46.8 Å². The number of methoxy groups -OCH3 is 2. The number of likely N-dealkylation sites (N-methyl/N-ethyl adjacent to an activating group) is 1. The molecule has 318 valence electrons. The van der Waals surface area contributed by atoms with E-state index in [-0.39, 0.29) is 66.9 Å². The van der Waals surface area contributed by atoms with Crippen molar-refractivity contribution in [3.63, 3.8) is 0 Å². The second kappa shape index (κ2) is 16.2. The predicted octanol–water partition coefficient (Wildman–Crippen LogP) is 5.16. The molecule has 4 aliphatic heterocycles. The standard InChI is InChI=1S/C46H48N4O10S/c1-24-15-26-16-33-35(18-47)50-34(39(49(33)3)37(26)42(40(24)55-5)58-22-54-4)17-46(53)38(43-41(59-23-60-43)25(2)44(46)51)36(50)19-57-45(52)32(48-56-6)21-61-20-31-29-13-9-7-11-27(29)28-12-8-10-14-30(28)31/h7-15,21,31,33-36,39,48,53H,16-17,19-20,22-23H2,1-6H3/b32-21-/t33-,34?,35-,36-,39-,46+/m0/s1. The van der Waals surface area contributed by atoms with Gasteiger partial charge in [-0.1, -0.05) is 54.6 Å². The third-order valence-corrected chi connectivity index (χ3v) is 14.0. The van der Waals surface area contributed by atoms with Gasteiger partial charge in [0.2, 0.25) is 6.79 Å². The monoisotopic (exact) mass is 848 g/mol. The molecular formula is C46H48N4O10S. The minimum absolute atomic E-state index is 0.0481. The first-order valence-corrected chi connectivity index (χ1v) is 21.3. The molecule has 1 unspecified atom stereocenters. The minimum Gasteiger partial charge on any atom is -0.493 e. The summed E-state index contributed by atoms with van der Waals surface area (Å²) in [6.07, 6.45) is 0.393. The van der Waals surface area contributed by atoms with Crippen LogP contribution in [0.5, 0.6) is 11.5 Å². The number of nitrogens with zero attached hydrogens (tertiary/aromatic N) is 3. The summed E-state index contributed by atoms with van der Waals surface area (Å²) in [5.74, 6) is 0.978. The largest absolute Gasteiger partial charge is 0.493 e. The molecule has 0 aromatic heterocycles. The van der Waals surface area contributed by atoms with Crippen molar-refractivity contribution < 1.29 is 48.0 Å². The smallest absolute Gasteiger partial charge is 0.357 e. The van der Waals surface area contributed by atoms with Crippen molar-refractivity contribution in [3.05, 3.63) is 116 Å². The Morgan fingerprint density at radius 1 is 1.05 bits per heavy atom.